The molecule has 0 fully saturated rings. The van der Waals surface area contributed by atoms with Crippen LogP contribution in [0.4, 0.5) is 17.1 Å². The predicted octanol–water partition coefficient (Wildman–Crippen LogP) is 5.33. The van der Waals surface area contributed by atoms with Gasteiger partial charge in [0.1, 0.15) is 0 Å². The van der Waals surface area contributed by atoms with Crippen molar-refractivity contribution in [3.63, 3.8) is 0 Å². The van der Waals surface area contributed by atoms with Crippen molar-refractivity contribution in [2.45, 2.75) is 19.3 Å². The molecule has 4 heterocycles. The minimum atomic E-state index is 0.878. The van der Waals surface area contributed by atoms with Crippen molar-refractivity contribution >= 4 is 17.1 Å². The van der Waals surface area contributed by atoms with Crippen LogP contribution in [0.1, 0.15) is 33.6 Å². The lowest BCUT2D eigenvalue weighted by Crippen LogP contribution is -2.26. The van der Waals surface area contributed by atoms with E-state index in [4.69, 9.17) is 4.98 Å². The first-order valence-corrected chi connectivity index (χ1v) is 9.82. The summed E-state index contributed by atoms with van der Waals surface area (Å²) < 4.78 is 0. The Morgan fingerprint density at radius 3 is 2.54 bits per heavy atom. The molecule has 4 aromatic rings. The molecule has 0 saturated carbocycles. The van der Waals surface area contributed by atoms with Crippen LogP contribution in [-0.4, -0.2) is 9.97 Å². The van der Waals surface area contributed by atoms with E-state index in [0.29, 0.717) is 0 Å². The van der Waals surface area contributed by atoms with E-state index in [-0.39, 0.29) is 0 Å². The van der Waals surface area contributed by atoms with E-state index in [9.17, 15) is 0 Å². The lowest BCUT2D eigenvalue weighted by Gasteiger charge is -2.38. The van der Waals surface area contributed by atoms with E-state index in [1.807, 2.05) is 18.5 Å². The van der Waals surface area contributed by atoms with Gasteiger partial charge in [-0.1, -0.05) is 30.3 Å². The molecule has 7 rings (SSSR count). The third-order valence-electron chi connectivity index (χ3n) is 6.44. The second kappa shape index (κ2) is 5.08. The maximum Gasteiger partial charge on any atom is 0.0717 e. The number of pyridine rings is 2. The van der Waals surface area contributed by atoms with Gasteiger partial charge in [0, 0.05) is 25.2 Å². The van der Waals surface area contributed by atoms with Gasteiger partial charge in [-0.05, 0) is 64.1 Å². The Kier molecular flexibility index (Phi) is 2.64. The molecule has 2 aromatic carbocycles. The van der Waals surface area contributed by atoms with Crippen LogP contribution in [-0.2, 0) is 19.3 Å². The molecular weight excluding hydrogens is 342 g/mol. The minimum absolute atomic E-state index is 0.878. The maximum absolute atomic E-state index is 4.80. The van der Waals surface area contributed by atoms with E-state index in [0.717, 1.165) is 25.0 Å². The number of rotatable bonds is 0. The van der Waals surface area contributed by atoms with Gasteiger partial charge in [0.25, 0.3) is 0 Å². The van der Waals surface area contributed by atoms with Gasteiger partial charge in [0.2, 0.25) is 0 Å². The monoisotopic (exact) mass is 359 g/mol. The Balaban J connectivity index is 1.52. The van der Waals surface area contributed by atoms with Crippen molar-refractivity contribution in [3.8, 4) is 11.1 Å². The van der Waals surface area contributed by atoms with Gasteiger partial charge in [-0.3, -0.25) is 9.97 Å². The summed E-state index contributed by atoms with van der Waals surface area (Å²) in [6.45, 7) is 0. The zero-order valence-electron chi connectivity index (χ0n) is 15.3. The Hall–Kier alpha value is -3.46. The van der Waals surface area contributed by atoms with Crippen molar-refractivity contribution in [2.75, 3.05) is 4.90 Å². The zero-order chi connectivity index (χ0) is 18.2. The van der Waals surface area contributed by atoms with Crippen LogP contribution in [0, 0.1) is 0 Å². The highest BCUT2D eigenvalue weighted by Crippen LogP contribution is 2.52. The van der Waals surface area contributed by atoms with Crippen LogP contribution in [0.15, 0.2) is 67.0 Å². The van der Waals surface area contributed by atoms with E-state index < -0.39 is 0 Å². The molecular formula is C25H17N3. The lowest BCUT2D eigenvalue weighted by molar-refractivity contribution is 0.928. The summed E-state index contributed by atoms with van der Waals surface area (Å²) in [4.78, 5) is 11.9. The van der Waals surface area contributed by atoms with Crippen LogP contribution >= 0.6 is 0 Å². The first-order valence-electron chi connectivity index (χ1n) is 9.82. The quantitative estimate of drug-likeness (QED) is 0.367. The first kappa shape index (κ1) is 14.6. The molecule has 0 unspecified atom stereocenters. The molecule has 2 aliphatic heterocycles. The number of benzene rings is 2. The van der Waals surface area contributed by atoms with Crippen LogP contribution < -0.4 is 4.90 Å². The molecule has 0 N–H and O–H groups in total. The molecule has 3 aliphatic rings. The summed E-state index contributed by atoms with van der Waals surface area (Å²) in [7, 11) is 0. The SMILES string of the molecule is c1ccc2c(c1)Cc1c-2ccc2c1Cc1nccc3c1N2c1cccnc1C3. The third-order valence-corrected chi connectivity index (χ3v) is 6.44. The normalized spacial score (nSPS) is 14.6. The molecule has 3 nitrogen and oxygen atoms in total. The maximum atomic E-state index is 4.80. The lowest BCUT2D eigenvalue weighted by atomic mass is 9.87. The predicted molar refractivity (Wildman–Crippen MR) is 111 cm³/mol. The van der Waals surface area contributed by atoms with E-state index in [2.05, 4.69) is 58.4 Å². The number of aromatic nitrogens is 2. The van der Waals surface area contributed by atoms with Gasteiger partial charge >= 0.3 is 0 Å². The fraction of sp³-hybridized carbons (Fsp3) is 0.120. The number of hydrogen-bond donors (Lipinski definition) is 0. The average molecular weight is 359 g/mol. The highest BCUT2D eigenvalue weighted by atomic mass is 15.2. The molecule has 2 aromatic heterocycles. The van der Waals surface area contributed by atoms with Crippen LogP contribution in [0.3, 0.4) is 0 Å². The molecule has 0 bridgehead atoms. The highest BCUT2D eigenvalue weighted by molar-refractivity contribution is 5.91. The first-order chi connectivity index (χ1) is 13.9. The van der Waals surface area contributed by atoms with E-state index >= 15 is 0 Å². The molecule has 3 heteroatoms. The summed E-state index contributed by atoms with van der Waals surface area (Å²) in [5, 5.41) is 0. The van der Waals surface area contributed by atoms with Gasteiger partial charge in [0.05, 0.1) is 28.5 Å². The molecule has 1 aliphatic carbocycles. The fourth-order valence-electron chi connectivity index (χ4n) is 5.24. The highest BCUT2D eigenvalue weighted by Gasteiger charge is 2.35. The van der Waals surface area contributed by atoms with Gasteiger partial charge in [-0.15, -0.1) is 0 Å². The second-order valence-electron chi connectivity index (χ2n) is 7.85. The molecule has 0 radical (unpaired) electrons. The Bertz CT molecular complexity index is 1310. The Morgan fingerprint density at radius 1 is 0.607 bits per heavy atom. The topological polar surface area (TPSA) is 29.0 Å². The molecule has 0 amide bonds. The minimum Gasteiger partial charge on any atom is -0.306 e. The van der Waals surface area contributed by atoms with Gasteiger partial charge in [-0.2, -0.15) is 0 Å². The van der Waals surface area contributed by atoms with Crippen molar-refractivity contribution in [3.05, 3.63) is 101 Å². The second-order valence-corrected chi connectivity index (χ2v) is 7.85. The smallest absolute Gasteiger partial charge is 0.0717 e. The molecule has 28 heavy (non-hydrogen) atoms. The molecule has 0 saturated heterocycles. The van der Waals surface area contributed by atoms with E-state index in [1.54, 1.807) is 0 Å². The zero-order valence-corrected chi connectivity index (χ0v) is 15.3. The number of fused-ring (bicyclic) bond motifs is 8. The van der Waals surface area contributed by atoms with Crippen molar-refractivity contribution < 1.29 is 0 Å². The fourth-order valence-corrected chi connectivity index (χ4v) is 5.24. The van der Waals surface area contributed by atoms with Crippen molar-refractivity contribution in [1.29, 1.82) is 0 Å². The van der Waals surface area contributed by atoms with Crippen molar-refractivity contribution in [1.82, 2.24) is 9.97 Å². The third kappa shape index (κ3) is 1.74. The van der Waals surface area contributed by atoms with E-state index in [1.165, 1.54) is 56.1 Å². The van der Waals surface area contributed by atoms with Crippen LogP contribution in [0.5, 0.6) is 0 Å². The Morgan fingerprint density at radius 2 is 1.54 bits per heavy atom. The summed E-state index contributed by atoms with van der Waals surface area (Å²) in [5.74, 6) is 0. The average Bonchev–Trinajstić information content (AvgIpc) is 3.13. The standard InChI is InChI=1S/C25H17N3/c1-2-5-17-15(4-1)12-19-18(17)7-8-23-20(19)14-22-25-16(9-11-27-22)13-21-24(28(23)25)6-3-10-26-21/h1-11H,12-14H2. The number of hydrogen-bond acceptors (Lipinski definition) is 3. The number of anilines is 3. The summed E-state index contributed by atoms with van der Waals surface area (Å²) in [6.07, 6.45) is 6.65. The summed E-state index contributed by atoms with van der Waals surface area (Å²) in [5.41, 5.74) is 14.5. The largest absolute Gasteiger partial charge is 0.306 e. The van der Waals surface area contributed by atoms with Crippen molar-refractivity contribution in [2.24, 2.45) is 0 Å². The molecule has 0 atom stereocenters. The summed E-state index contributed by atoms with van der Waals surface area (Å²) in [6, 6.07) is 19.8. The van der Waals surface area contributed by atoms with Crippen LogP contribution in [0.25, 0.3) is 11.1 Å². The van der Waals surface area contributed by atoms with Gasteiger partial charge < -0.3 is 4.90 Å². The van der Waals surface area contributed by atoms with Gasteiger partial charge in [0.15, 0.2) is 0 Å². The van der Waals surface area contributed by atoms with Crippen LogP contribution in [0.2, 0.25) is 0 Å². The van der Waals surface area contributed by atoms with Gasteiger partial charge in [-0.25, -0.2) is 0 Å². The number of nitrogens with zero attached hydrogens (tertiary/aromatic N) is 3. The molecule has 132 valence electrons. The summed E-state index contributed by atoms with van der Waals surface area (Å²) >= 11 is 0. The Labute approximate surface area is 163 Å². The molecule has 0 spiro atoms.